The second-order valence-corrected chi connectivity index (χ2v) is 9.25. The number of unbranched alkanes of at least 4 members (excludes halogenated alkanes) is 1. The third-order valence-corrected chi connectivity index (χ3v) is 6.82. The van der Waals surface area contributed by atoms with Crippen LogP contribution in [-0.4, -0.2) is 16.2 Å². The number of aryl methyl sites for hydroxylation is 2. The highest BCUT2D eigenvalue weighted by atomic mass is 16.5. The van der Waals surface area contributed by atoms with Crippen molar-refractivity contribution in [3.63, 3.8) is 0 Å². The van der Waals surface area contributed by atoms with Gasteiger partial charge in [0.2, 0.25) is 0 Å². The van der Waals surface area contributed by atoms with Gasteiger partial charge >= 0.3 is 0 Å². The Balaban J connectivity index is 1.53. The van der Waals surface area contributed by atoms with Crippen molar-refractivity contribution in [2.45, 2.75) is 46.0 Å². The largest absolute Gasteiger partial charge is 0.493 e. The number of hydrogen-bond donors (Lipinski definition) is 0. The molecule has 0 amide bonds. The van der Waals surface area contributed by atoms with Crippen LogP contribution in [0, 0.1) is 18.3 Å². The van der Waals surface area contributed by atoms with Crippen molar-refractivity contribution in [2.75, 3.05) is 6.61 Å². The smallest absolute Gasteiger partial charge is 0.261 e. The van der Waals surface area contributed by atoms with E-state index in [1.165, 1.54) is 0 Å². The summed E-state index contributed by atoms with van der Waals surface area (Å²) in [5.41, 5.74) is 7.18. The number of nitrogens with zero attached hydrogens (tertiary/aromatic N) is 3. The van der Waals surface area contributed by atoms with Gasteiger partial charge in [-0.05, 0) is 66.3 Å². The number of nitriles is 1. The number of fused-ring (bicyclic) bond motifs is 1. The fraction of sp³-hybridized carbons (Fsp3) is 0.258. The zero-order valence-electron chi connectivity index (χ0n) is 20.8. The fourth-order valence-corrected chi connectivity index (χ4v) is 4.90. The predicted octanol–water partition coefficient (Wildman–Crippen LogP) is 5.95. The average molecular weight is 476 g/mol. The SMILES string of the molecule is CCCCc1nc(C)n(-c2ccc3c(c2)CCO3)c(=O)c1Cc1ccc(-c2ccccc2C#N)cc1. The highest BCUT2D eigenvalue weighted by molar-refractivity contribution is 5.70. The Hall–Kier alpha value is -4.17. The van der Waals surface area contributed by atoms with E-state index in [4.69, 9.17) is 9.72 Å². The molecule has 1 aromatic heterocycles. The van der Waals surface area contributed by atoms with E-state index >= 15 is 0 Å². The summed E-state index contributed by atoms with van der Waals surface area (Å²) in [7, 11) is 0. The molecule has 5 rings (SSSR count). The van der Waals surface area contributed by atoms with Gasteiger partial charge in [-0.25, -0.2) is 4.98 Å². The van der Waals surface area contributed by atoms with Crippen molar-refractivity contribution in [2.24, 2.45) is 0 Å². The minimum Gasteiger partial charge on any atom is -0.493 e. The Kier molecular flexibility index (Phi) is 6.69. The van der Waals surface area contributed by atoms with Crippen LogP contribution in [0.4, 0.5) is 0 Å². The van der Waals surface area contributed by atoms with Crippen molar-refractivity contribution >= 4 is 0 Å². The molecule has 0 atom stereocenters. The molecule has 5 heteroatoms. The predicted molar refractivity (Wildman–Crippen MR) is 142 cm³/mol. The van der Waals surface area contributed by atoms with Gasteiger partial charge in [0.15, 0.2) is 0 Å². The maximum Gasteiger partial charge on any atom is 0.261 e. The molecule has 0 N–H and O–H groups in total. The van der Waals surface area contributed by atoms with E-state index in [1.54, 1.807) is 4.57 Å². The molecule has 0 aliphatic carbocycles. The lowest BCUT2D eigenvalue weighted by Gasteiger charge is -2.16. The Bertz CT molecular complexity index is 1510. The monoisotopic (exact) mass is 475 g/mol. The van der Waals surface area contributed by atoms with Crippen LogP contribution in [0.1, 0.15) is 53.5 Å². The van der Waals surface area contributed by atoms with Gasteiger partial charge in [0.05, 0.1) is 29.6 Å². The Morgan fingerprint density at radius 3 is 2.67 bits per heavy atom. The van der Waals surface area contributed by atoms with Crippen LogP contribution < -0.4 is 10.3 Å². The molecule has 0 saturated heterocycles. The summed E-state index contributed by atoms with van der Waals surface area (Å²) < 4.78 is 7.39. The van der Waals surface area contributed by atoms with Crippen LogP contribution in [-0.2, 0) is 19.3 Å². The molecule has 4 aromatic rings. The van der Waals surface area contributed by atoms with E-state index in [-0.39, 0.29) is 5.56 Å². The molecule has 0 saturated carbocycles. The molecule has 180 valence electrons. The minimum absolute atomic E-state index is 0.00799. The second kappa shape index (κ2) is 10.2. The molecule has 0 radical (unpaired) electrons. The van der Waals surface area contributed by atoms with Crippen LogP contribution in [0.2, 0.25) is 0 Å². The van der Waals surface area contributed by atoms with Crippen molar-refractivity contribution in [1.29, 1.82) is 5.26 Å². The maximum atomic E-state index is 13.9. The second-order valence-electron chi connectivity index (χ2n) is 9.25. The molecule has 2 heterocycles. The molecule has 0 spiro atoms. The Morgan fingerprint density at radius 1 is 1.08 bits per heavy atom. The lowest BCUT2D eigenvalue weighted by atomic mass is 9.96. The topological polar surface area (TPSA) is 67.9 Å². The summed E-state index contributed by atoms with van der Waals surface area (Å²) in [6, 6.07) is 23.9. The normalized spacial score (nSPS) is 12.1. The van der Waals surface area contributed by atoms with Gasteiger partial charge < -0.3 is 4.74 Å². The van der Waals surface area contributed by atoms with Gasteiger partial charge in [-0.3, -0.25) is 9.36 Å². The third-order valence-electron chi connectivity index (χ3n) is 6.82. The molecular formula is C31H29N3O2. The first-order valence-electron chi connectivity index (χ1n) is 12.5. The van der Waals surface area contributed by atoms with Crippen molar-refractivity contribution in [3.05, 3.63) is 111 Å². The van der Waals surface area contributed by atoms with Gasteiger partial charge in [0, 0.05) is 18.4 Å². The molecule has 36 heavy (non-hydrogen) atoms. The number of hydrogen-bond acceptors (Lipinski definition) is 4. The van der Waals surface area contributed by atoms with Gasteiger partial charge in [0.25, 0.3) is 5.56 Å². The average Bonchev–Trinajstić information content (AvgIpc) is 3.38. The molecule has 0 unspecified atom stereocenters. The minimum atomic E-state index is -0.00799. The standard InChI is InChI=1S/C31H29N3O2/c1-3-4-9-29-28(18-22-10-12-23(13-11-22)27-8-6-5-7-25(27)20-32)31(35)34(21(2)33-29)26-14-15-30-24(19-26)16-17-36-30/h5-8,10-15,19H,3-4,9,16-18H2,1-2H3. The van der Waals surface area contributed by atoms with Crippen LogP contribution in [0.25, 0.3) is 16.8 Å². The van der Waals surface area contributed by atoms with Crippen molar-refractivity contribution in [3.8, 4) is 28.6 Å². The molecule has 3 aromatic carbocycles. The maximum absolute atomic E-state index is 13.9. The van der Waals surface area contributed by atoms with Crippen LogP contribution in [0.3, 0.4) is 0 Å². The first kappa shape index (κ1) is 23.6. The van der Waals surface area contributed by atoms with Crippen LogP contribution >= 0.6 is 0 Å². The molecule has 1 aliphatic heterocycles. The highest BCUT2D eigenvalue weighted by Gasteiger charge is 2.19. The molecule has 5 nitrogen and oxygen atoms in total. The quantitative estimate of drug-likeness (QED) is 0.331. The van der Waals surface area contributed by atoms with E-state index in [0.717, 1.165) is 70.6 Å². The summed E-state index contributed by atoms with van der Waals surface area (Å²) in [5, 5.41) is 9.45. The van der Waals surface area contributed by atoms with Gasteiger partial charge in [-0.1, -0.05) is 55.8 Å². The van der Waals surface area contributed by atoms with E-state index in [9.17, 15) is 10.1 Å². The van der Waals surface area contributed by atoms with E-state index in [2.05, 4.69) is 19.1 Å². The number of rotatable bonds is 7. The van der Waals surface area contributed by atoms with Crippen LogP contribution in [0.15, 0.2) is 71.5 Å². The first-order chi connectivity index (χ1) is 17.6. The van der Waals surface area contributed by atoms with Gasteiger partial charge in [0.1, 0.15) is 11.6 Å². The molecular weight excluding hydrogens is 446 g/mol. The number of aromatic nitrogens is 2. The van der Waals surface area contributed by atoms with E-state index in [0.29, 0.717) is 24.4 Å². The molecule has 1 aliphatic rings. The lowest BCUT2D eigenvalue weighted by molar-refractivity contribution is 0.357. The van der Waals surface area contributed by atoms with Crippen LogP contribution in [0.5, 0.6) is 5.75 Å². The Labute approximate surface area is 211 Å². The summed E-state index contributed by atoms with van der Waals surface area (Å²) in [6.45, 7) is 4.74. The zero-order valence-corrected chi connectivity index (χ0v) is 20.8. The van der Waals surface area contributed by atoms with Gasteiger partial charge in [-0.15, -0.1) is 0 Å². The van der Waals surface area contributed by atoms with Crippen molar-refractivity contribution < 1.29 is 4.74 Å². The van der Waals surface area contributed by atoms with E-state index in [1.807, 2.05) is 67.6 Å². The summed E-state index contributed by atoms with van der Waals surface area (Å²) in [4.78, 5) is 18.8. The summed E-state index contributed by atoms with van der Waals surface area (Å²) >= 11 is 0. The van der Waals surface area contributed by atoms with Crippen molar-refractivity contribution in [1.82, 2.24) is 9.55 Å². The first-order valence-corrected chi connectivity index (χ1v) is 12.5. The molecule has 0 fully saturated rings. The Morgan fingerprint density at radius 2 is 1.89 bits per heavy atom. The van der Waals surface area contributed by atoms with E-state index < -0.39 is 0 Å². The zero-order chi connectivity index (χ0) is 25.1. The third kappa shape index (κ3) is 4.55. The number of benzene rings is 3. The lowest BCUT2D eigenvalue weighted by Crippen LogP contribution is -2.28. The summed E-state index contributed by atoms with van der Waals surface area (Å²) in [5.74, 6) is 1.60. The number of ether oxygens (including phenoxy) is 1. The molecule has 0 bridgehead atoms. The fourth-order valence-electron chi connectivity index (χ4n) is 4.90. The highest BCUT2D eigenvalue weighted by Crippen LogP contribution is 2.28. The summed E-state index contributed by atoms with van der Waals surface area (Å²) in [6.07, 6.45) is 4.19. The van der Waals surface area contributed by atoms with Gasteiger partial charge in [-0.2, -0.15) is 5.26 Å².